The molecule has 1 aliphatic carbocycles. The maximum absolute atomic E-state index is 12.3. The number of amides is 1. The van der Waals surface area contributed by atoms with E-state index in [0.29, 0.717) is 23.8 Å². The lowest BCUT2D eigenvalue weighted by Gasteiger charge is -2.10. The molecule has 1 amide bonds. The van der Waals surface area contributed by atoms with E-state index in [4.69, 9.17) is 4.74 Å². The fourth-order valence-electron chi connectivity index (χ4n) is 2.40. The van der Waals surface area contributed by atoms with Crippen LogP contribution in [0.25, 0.3) is 0 Å². The predicted octanol–water partition coefficient (Wildman–Crippen LogP) is 2.96. The Labute approximate surface area is 137 Å². The van der Waals surface area contributed by atoms with Gasteiger partial charge < -0.3 is 14.6 Å². The quantitative estimate of drug-likeness (QED) is 0.858. The Hall–Kier alpha value is -1.82. The minimum Gasteiger partial charge on any atom is -0.497 e. The molecule has 1 aliphatic rings. The number of ether oxygens (including phenoxy) is 1. The van der Waals surface area contributed by atoms with Crippen molar-refractivity contribution in [3.63, 3.8) is 0 Å². The molecule has 5 nitrogen and oxygen atoms in total. The number of aromatic nitrogens is 2. The minimum atomic E-state index is -0.112. The van der Waals surface area contributed by atoms with Gasteiger partial charge in [0.25, 0.3) is 5.91 Å². The highest BCUT2D eigenvalue weighted by Gasteiger charge is 2.27. The van der Waals surface area contributed by atoms with Crippen molar-refractivity contribution in [2.24, 2.45) is 0 Å². The molecule has 0 spiro atoms. The van der Waals surface area contributed by atoms with Crippen LogP contribution in [-0.2, 0) is 6.54 Å². The summed E-state index contributed by atoms with van der Waals surface area (Å²) in [6, 6.07) is 5.36. The molecule has 1 saturated carbocycles. The first-order chi connectivity index (χ1) is 10.7. The summed E-state index contributed by atoms with van der Waals surface area (Å²) in [5.41, 5.74) is 0.576. The third-order valence-corrected chi connectivity index (χ3v) is 4.44. The van der Waals surface area contributed by atoms with Crippen LogP contribution in [0.4, 0.5) is 0 Å². The standard InChI is InChI=1S/C16H18BrN3O2/c1-22-12-4-5-14(17)13(10-12)16(21)19-7-9-20-8-6-18-15(20)11-2-3-11/h4-6,8,10-11H,2-3,7,9H2,1H3,(H,19,21). The molecule has 0 bridgehead atoms. The number of rotatable bonds is 6. The fraction of sp³-hybridized carbons (Fsp3) is 0.375. The van der Waals surface area contributed by atoms with Crippen LogP contribution in [0.5, 0.6) is 5.75 Å². The Balaban J connectivity index is 1.59. The molecule has 0 atom stereocenters. The maximum atomic E-state index is 12.3. The van der Waals surface area contributed by atoms with E-state index in [9.17, 15) is 4.79 Å². The molecule has 116 valence electrons. The van der Waals surface area contributed by atoms with Gasteiger partial charge in [-0.2, -0.15) is 0 Å². The topological polar surface area (TPSA) is 56.1 Å². The third-order valence-electron chi connectivity index (χ3n) is 3.75. The van der Waals surface area contributed by atoms with Crippen LogP contribution < -0.4 is 10.1 Å². The molecule has 0 unspecified atom stereocenters. The van der Waals surface area contributed by atoms with Crippen LogP contribution in [0, 0.1) is 0 Å². The molecule has 0 saturated heterocycles. The third kappa shape index (κ3) is 3.32. The normalized spacial score (nSPS) is 13.9. The highest BCUT2D eigenvalue weighted by Crippen LogP contribution is 2.38. The second-order valence-electron chi connectivity index (χ2n) is 5.35. The van der Waals surface area contributed by atoms with Crippen LogP contribution in [0.15, 0.2) is 35.1 Å². The van der Waals surface area contributed by atoms with Gasteiger partial charge in [-0.1, -0.05) is 0 Å². The molecular formula is C16H18BrN3O2. The van der Waals surface area contributed by atoms with Crippen LogP contribution in [0.2, 0.25) is 0 Å². The lowest BCUT2D eigenvalue weighted by atomic mass is 10.2. The lowest BCUT2D eigenvalue weighted by Crippen LogP contribution is -2.27. The van der Waals surface area contributed by atoms with Crippen LogP contribution in [0.1, 0.15) is 34.9 Å². The van der Waals surface area contributed by atoms with Gasteiger partial charge in [0.05, 0.1) is 12.7 Å². The fourth-order valence-corrected chi connectivity index (χ4v) is 2.83. The number of hydrogen-bond acceptors (Lipinski definition) is 3. The van der Waals surface area contributed by atoms with Crippen LogP contribution in [0.3, 0.4) is 0 Å². The van der Waals surface area contributed by atoms with Crippen molar-refractivity contribution in [2.45, 2.75) is 25.3 Å². The van der Waals surface area contributed by atoms with Crippen molar-refractivity contribution >= 4 is 21.8 Å². The Morgan fingerprint density at radius 2 is 2.32 bits per heavy atom. The molecule has 3 rings (SSSR count). The van der Waals surface area contributed by atoms with Crippen molar-refractivity contribution in [1.29, 1.82) is 0 Å². The first-order valence-corrected chi connectivity index (χ1v) is 8.11. The van der Waals surface area contributed by atoms with Gasteiger partial charge in [0.15, 0.2) is 0 Å². The molecular weight excluding hydrogens is 346 g/mol. The van der Waals surface area contributed by atoms with Crippen molar-refractivity contribution in [1.82, 2.24) is 14.9 Å². The van der Waals surface area contributed by atoms with Gasteiger partial charge >= 0.3 is 0 Å². The van der Waals surface area contributed by atoms with E-state index in [1.165, 1.54) is 12.8 Å². The summed E-state index contributed by atoms with van der Waals surface area (Å²) in [7, 11) is 1.59. The zero-order chi connectivity index (χ0) is 15.5. The zero-order valence-electron chi connectivity index (χ0n) is 12.4. The number of hydrogen-bond donors (Lipinski definition) is 1. The number of nitrogens with one attached hydrogen (secondary N) is 1. The van der Waals surface area contributed by atoms with E-state index >= 15 is 0 Å². The van der Waals surface area contributed by atoms with Crippen molar-refractivity contribution in [3.05, 3.63) is 46.5 Å². The van der Waals surface area contributed by atoms with E-state index in [0.717, 1.165) is 16.8 Å². The second kappa shape index (κ2) is 6.52. The first-order valence-electron chi connectivity index (χ1n) is 7.32. The molecule has 0 radical (unpaired) electrons. The molecule has 0 aliphatic heterocycles. The average Bonchev–Trinajstić information content (AvgIpc) is 3.27. The smallest absolute Gasteiger partial charge is 0.252 e. The van der Waals surface area contributed by atoms with Gasteiger partial charge in [0.1, 0.15) is 11.6 Å². The van der Waals surface area contributed by atoms with Crippen LogP contribution in [-0.4, -0.2) is 29.1 Å². The zero-order valence-corrected chi connectivity index (χ0v) is 14.0. The number of carbonyl (C=O) groups is 1. The summed E-state index contributed by atoms with van der Waals surface area (Å²) in [6.45, 7) is 1.30. The van der Waals surface area contributed by atoms with Crippen LogP contribution >= 0.6 is 15.9 Å². The lowest BCUT2D eigenvalue weighted by molar-refractivity contribution is 0.0951. The highest BCUT2D eigenvalue weighted by atomic mass is 79.9. The molecule has 1 heterocycles. The van der Waals surface area contributed by atoms with Gasteiger partial charge in [0, 0.05) is 35.9 Å². The Morgan fingerprint density at radius 1 is 1.50 bits per heavy atom. The Morgan fingerprint density at radius 3 is 3.05 bits per heavy atom. The number of carbonyl (C=O) groups excluding carboxylic acids is 1. The summed E-state index contributed by atoms with van der Waals surface area (Å²) >= 11 is 3.40. The Kier molecular flexibility index (Phi) is 4.47. The van der Waals surface area contributed by atoms with Gasteiger partial charge in [-0.3, -0.25) is 4.79 Å². The average molecular weight is 364 g/mol. The number of methoxy groups -OCH3 is 1. The van der Waals surface area contributed by atoms with Gasteiger partial charge in [-0.15, -0.1) is 0 Å². The number of halogens is 1. The van der Waals surface area contributed by atoms with Crippen molar-refractivity contribution < 1.29 is 9.53 Å². The minimum absolute atomic E-state index is 0.112. The predicted molar refractivity (Wildman–Crippen MR) is 87.2 cm³/mol. The van der Waals surface area contributed by atoms with Gasteiger partial charge in [0.2, 0.25) is 0 Å². The summed E-state index contributed by atoms with van der Waals surface area (Å²) in [6.07, 6.45) is 6.25. The largest absolute Gasteiger partial charge is 0.497 e. The maximum Gasteiger partial charge on any atom is 0.252 e. The van der Waals surface area contributed by atoms with E-state index in [1.807, 2.05) is 24.5 Å². The number of nitrogens with zero attached hydrogens (tertiary/aromatic N) is 2. The van der Waals surface area contributed by atoms with Gasteiger partial charge in [-0.25, -0.2) is 4.98 Å². The molecule has 1 fully saturated rings. The molecule has 6 heteroatoms. The van der Waals surface area contributed by atoms with Crippen molar-refractivity contribution in [2.75, 3.05) is 13.7 Å². The second-order valence-corrected chi connectivity index (χ2v) is 6.21. The first kappa shape index (κ1) is 15.1. The molecule has 22 heavy (non-hydrogen) atoms. The summed E-state index contributed by atoms with van der Waals surface area (Å²) in [4.78, 5) is 16.7. The van der Waals surface area contributed by atoms with E-state index in [2.05, 4.69) is 30.8 Å². The SMILES string of the molecule is COc1ccc(Br)c(C(=O)NCCn2ccnc2C2CC2)c1. The molecule has 1 aromatic heterocycles. The highest BCUT2D eigenvalue weighted by molar-refractivity contribution is 9.10. The summed E-state index contributed by atoms with van der Waals surface area (Å²) in [5, 5.41) is 2.94. The van der Waals surface area contributed by atoms with Crippen molar-refractivity contribution in [3.8, 4) is 5.75 Å². The molecule has 1 aromatic carbocycles. The molecule has 1 N–H and O–H groups in total. The summed E-state index contributed by atoms with van der Waals surface area (Å²) in [5.74, 6) is 2.30. The molecule has 2 aromatic rings. The number of imidazole rings is 1. The summed E-state index contributed by atoms with van der Waals surface area (Å²) < 4.78 is 8.04. The number of benzene rings is 1. The van der Waals surface area contributed by atoms with E-state index in [1.54, 1.807) is 13.2 Å². The Bertz CT molecular complexity index is 680. The monoisotopic (exact) mass is 363 g/mol. The van der Waals surface area contributed by atoms with E-state index < -0.39 is 0 Å². The van der Waals surface area contributed by atoms with Gasteiger partial charge in [-0.05, 0) is 47.0 Å². The van der Waals surface area contributed by atoms with E-state index in [-0.39, 0.29) is 5.91 Å².